The summed E-state index contributed by atoms with van der Waals surface area (Å²) in [5, 5.41) is 2.98. The summed E-state index contributed by atoms with van der Waals surface area (Å²) < 4.78 is 0. The van der Waals surface area contributed by atoms with Crippen molar-refractivity contribution in [3.05, 3.63) is 36.0 Å². The van der Waals surface area contributed by atoms with Crippen molar-refractivity contribution in [2.75, 3.05) is 18.0 Å². The Bertz CT molecular complexity index is 477. The summed E-state index contributed by atoms with van der Waals surface area (Å²) >= 11 is 0. The molecule has 0 unspecified atom stereocenters. The van der Waals surface area contributed by atoms with Crippen molar-refractivity contribution in [3.63, 3.8) is 0 Å². The SMILES string of the molecule is CCN(CC)c1ccc(CNC(=O)C[C@@H]2C=CCC2)cn1. The molecule has 0 aromatic carbocycles. The molecule has 1 aliphatic carbocycles. The lowest BCUT2D eigenvalue weighted by atomic mass is 10.1. The number of nitrogens with one attached hydrogen (secondary N) is 1. The van der Waals surface area contributed by atoms with Gasteiger partial charge in [0.25, 0.3) is 0 Å². The van der Waals surface area contributed by atoms with Crippen molar-refractivity contribution in [1.29, 1.82) is 0 Å². The van der Waals surface area contributed by atoms with Crippen LogP contribution in [0.5, 0.6) is 0 Å². The summed E-state index contributed by atoms with van der Waals surface area (Å²) in [6.07, 6.45) is 8.97. The minimum absolute atomic E-state index is 0.124. The van der Waals surface area contributed by atoms with Crippen LogP contribution in [0, 0.1) is 5.92 Å². The molecule has 1 atom stereocenters. The van der Waals surface area contributed by atoms with Crippen LogP contribution in [0.15, 0.2) is 30.5 Å². The minimum atomic E-state index is 0.124. The van der Waals surface area contributed by atoms with Gasteiger partial charge in [0, 0.05) is 32.3 Å². The van der Waals surface area contributed by atoms with Crippen LogP contribution in [-0.2, 0) is 11.3 Å². The van der Waals surface area contributed by atoms with Crippen molar-refractivity contribution in [2.24, 2.45) is 5.92 Å². The lowest BCUT2D eigenvalue weighted by Gasteiger charge is -2.19. The number of nitrogens with zero attached hydrogens (tertiary/aromatic N) is 2. The molecular weight excluding hydrogens is 262 g/mol. The van der Waals surface area contributed by atoms with Gasteiger partial charge in [0.1, 0.15) is 5.82 Å². The highest BCUT2D eigenvalue weighted by atomic mass is 16.1. The van der Waals surface area contributed by atoms with E-state index in [0.29, 0.717) is 18.9 Å². The zero-order chi connectivity index (χ0) is 15.1. The second-order valence-corrected chi connectivity index (χ2v) is 5.44. The van der Waals surface area contributed by atoms with E-state index in [4.69, 9.17) is 0 Å². The average molecular weight is 287 g/mol. The molecule has 1 aromatic heterocycles. The fourth-order valence-electron chi connectivity index (χ4n) is 2.63. The number of anilines is 1. The van der Waals surface area contributed by atoms with Gasteiger partial charge in [-0.25, -0.2) is 4.98 Å². The highest BCUT2D eigenvalue weighted by Gasteiger charge is 2.13. The van der Waals surface area contributed by atoms with Crippen LogP contribution in [0.4, 0.5) is 5.82 Å². The minimum Gasteiger partial charge on any atom is -0.357 e. The number of allylic oxidation sites excluding steroid dienone is 2. The Hall–Kier alpha value is -1.84. The van der Waals surface area contributed by atoms with Crippen molar-refractivity contribution < 1.29 is 4.79 Å². The van der Waals surface area contributed by atoms with Gasteiger partial charge in [-0.1, -0.05) is 18.2 Å². The number of amides is 1. The average Bonchev–Trinajstić information content (AvgIpc) is 3.00. The predicted octanol–water partition coefficient (Wildman–Crippen LogP) is 2.90. The van der Waals surface area contributed by atoms with E-state index in [-0.39, 0.29) is 5.91 Å². The van der Waals surface area contributed by atoms with Crippen LogP contribution in [0.1, 0.15) is 38.7 Å². The summed E-state index contributed by atoms with van der Waals surface area (Å²) in [5.74, 6) is 1.54. The molecule has 0 aliphatic heterocycles. The first-order valence-electron chi connectivity index (χ1n) is 7.86. The van der Waals surface area contributed by atoms with Gasteiger partial charge in [0.2, 0.25) is 5.91 Å². The fourth-order valence-corrected chi connectivity index (χ4v) is 2.63. The zero-order valence-corrected chi connectivity index (χ0v) is 13.0. The van der Waals surface area contributed by atoms with Crippen molar-refractivity contribution in [2.45, 2.75) is 39.7 Å². The van der Waals surface area contributed by atoms with Gasteiger partial charge in [-0.05, 0) is 44.2 Å². The van der Waals surface area contributed by atoms with Crippen molar-refractivity contribution >= 4 is 11.7 Å². The maximum Gasteiger partial charge on any atom is 0.220 e. The third kappa shape index (κ3) is 4.59. The molecule has 0 fully saturated rings. The number of carbonyl (C=O) groups is 1. The summed E-state index contributed by atoms with van der Waals surface area (Å²) in [5.41, 5.74) is 1.04. The van der Waals surface area contributed by atoms with Crippen LogP contribution >= 0.6 is 0 Å². The standard InChI is InChI=1S/C17H25N3O/c1-3-20(4-2)16-10-9-15(12-18-16)13-19-17(21)11-14-7-5-6-8-14/h5,7,9-10,12,14H,3-4,6,8,11,13H2,1-2H3,(H,19,21)/t14-/m1/s1. The van der Waals surface area contributed by atoms with E-state index in [1.807, 2.05) is 18.3 Å². The molecule has 0 bridgehead atoms. The Morgan fingerprint density at radius 1 is 1.38 bits per heavy atom. The number of carbonyl (C=O) groups excluding carboxylic acids is 1. The Morgan fingerprint density at radius 2 is 2.19 bits per heavy atom. The van der Waals surface area contributed by atoms with Gasteiger partial charge in [0.15, 0.2) is 0 Å². The number of hydrogen-bond acceptors (Lipinski definition) is 3. The molecule has 1 amide bonds. The van der Waals surface area contributed by atoms with E-state index >= 15 is 0 Å². The first kappa shape index (κ1) is 15.5. The highest BCUT2D eigenvalue weighted by Crippen LogP contribution is 2.20. The molecule has 0 spiro atoms. The molecule has 1 aromatic rings. The maximum absolute atomic E-state index is 11.9. The van der Waals surface area contributed by atoms with Gasteiger partial charge in [-0.15, -0.1) is 0 Å². The van der Waals surface area contributed by atoms with E-state index in [2.05, 4.69) is 41.2 Å². The Morgan fingerprint density at radius 3 is 2.76 bits per heavy atom. The molecule has 4 heteroatoms. The Labute approximate surface area is 127 Å². The predicted molar refractivity (Wildman–Crippen MR) is 86.1 cm³/mol. The maximum atomic E-state index is 11.9. The Balaban J connectivity index is 1.80. The van der Waals surface area contributed by atoms with E-state index in [9.17, 15) is 4.79 Å². The summed E-state index contributed by atoms with van der Waals surface area (Å²) in [4.78, 5) is 18.5. The normalized spacial score (nSPS) is 17.0. The lowest BCUT2D eigenvalue weighted by molar-refractivity contribution is -0.121. The summed E-state index contributed by atoms with van der Waals surface area (Å²) in [6, 6.07) is 4.06. The number of hydrogen-bond donors (Lipinski definition) is 1. The second kappa shape index (κ2) is 7.81. The van der Waals surface area contributed by atoms with Crippen LogP contribution < -0.4 is 10.2 Å². The lowest BCUT2D eigenvalue weighted by Crippen LogP contribution is -2.25. The quantitative estimate of drug-likeness (QED) is 0.784. The van der Waals surface area contributed by atoms with Crippen molar-refractivity contribution in [3.8, 4) is 0 Å². The first-order chi connectivity index (χ1) is 10.2. The largest absolute Gasteiger partial charge is 0.357 e. The Kier molecular flexibility index (Phi) is 5.78. The van der Waals surface area contributed by atoms with E-state index in [0.717, 1.165) is 37.3 Å². The molecule has 1 aliphatic rings. The van der Waals surface area contributed by atoms with Crippen LogP contribution in [0.25, 0.3) is 0 Å². The number of pyridine rings is 1. The van der Waals surface area contributed by atoms with E-state index < -0.39 is 0 Å². The molecule has 4 nitrogen and oxygen atoms in total. The molecule has 114 valence electrons. The molecule has 1 N–H and O–H groups in total. The third-order valence-corrected chi connectivity index (χ3v) is 3.95. The smallest absolute Gasteiger partial charge is 0.220 e. The van der Waals surface area contributed by atoms with Gasteiger partial charge >= 0.3 is 0 Å². The van der Waals surface area contributed by atoms with E-state index in [1.165, 1.54) is 0 Å². The molecular formula is C17H25N3O. The van der Waals surface area contributed by atoms with Gasteiger partial charge < -0.3 is 10.2 Å². The van der Waals surface area contributed by atoms with Crippen LogP contribution in [-0.4, -0.2) is 24.0 Å². The number of aromatic nitrogens is 1. The molecule has 2 rings (SSSR count). The number of rotatable bonds is 7. The van der Waals surface area contributed by atoms with Gasteiger partial charge in [-0.3, -0.25) is 4.79 Å². The molecule has 1 heterocycles. The first-order valence-corrected chi connectivity index (χ1v) is 7.86. The van der Waals surface area contributed by atoms with Crippen LogP contribution in [0.3, 0.4) is 0 Å². The highest BCUT2D eigenvalue weighted by molar-refractivity contribution is 5.76. The van der Waals surface area contributed by atoms with Crippen LogP contribution in [0.2, 0.25) is 0 Å². The molecule has 21 heavy (non-hydrogen) atoms. The van der Waals surface area contributed by atoms with Gasteiger partial charge in [0.05, 0.1) is 0 Å². The fraction of sp³-hybridized carbons (Fsp3) is 0.529. The van der Waals surface area contributed by atoms with Crippen molar-refractivity contribution in [1.82, 2.24) is 10.3 Å². The van der Waals surface area contributed by atoms with Gasteiger partial charge in [-0.2, -0.15) is 0 Å². The summed E-state index contributed by atoms with van der Waals surface area (Å²) in [6.45, 7) is 6.71. The third-order valence-electron chi connectivity index (χ3n) is 3.95. The topological polar surface area (TPSA) is 45.2 Å². The molecule has 0 radical (unpaired) electrons. The summed E-state index contributed by atoms with van der Waals surface area (Å²) in [7, 11) is 0. The molecule has 0 saturated carbocycles. The monoisotopic (exact) mass is 287 g/mol. The molecule has 0 saturated heterocycles. The zero-order valence-electron chi connectivity index (χ0n) is 13.0. The van der Waals surface area contributed by atoms with E-state index in [1.54, 1.807) is 0 Å². The second-order valence-electron chi connectivity index (χ2n) is 5.44.